The minimum Gasteiger partial charge on any atom is -0.326 e. The fourth-order valence-corrected chi connectivity index (χ4v) is 4.75. The molecule has 3 nitrogen and oxygen atoms in total. The van der Waals surface area contributed by atoms with Crippen LogP contribution in [0.3, 0.4) is 0 Å². The van der Waals surface area contributed by atoms with Crippen molar-refractivity contribution in [2.45, 2.75) is 47.0 Å². The smallest absolute Gasteiger partial charge is 0.228 e. The van der Waals surface area contributed by atoms with E-state index in [2.05, 4.69) is 50.1 Å². The molecule has 3 rings (SSSR count). The first-order chi connectivity index (χ1) is 11.9. The van der Waals surface area contributed by atoms with Gasteiger partial charge in [-0.3, -0.25) is 9.78 Å². The highest BCUT2D eigenvalue weighted by atomic mass is 16.2. The van der Waals surface area contributed by atoms with E-state index in [-0.39, 0.29) is 22.7 Å². The number of amides is 1. The van der Waals surface area contributed by atoms with Gasteiger partial charge in [-0.15, -0.1) is 0 Å². The van der Waals surface area contributed by atoms with Gasteiger partial charge in [0.15, 0.2) is 0 Å². The second-order valence-corrected chi connectivity index (χ2v) is 7.74. The molecule has 1 fully saturated rings. The third kappa shape index (κ3) is 3.08. The Labute approximate surface area is 150 Å². The molecule has 25 heavy (non-hydrogen) atoms. The molecular weight excluding hydrogens is 308 g/mol. The molecule has 1 amide bonds. The quantitative estimate of drug-likeness (QED) is 0.800. The van der Waals surface area contributed by atoms with Crippen LogP contribution in [0, 0.1) is 16.7 Å². The second-order valence-electron chi connectivity index (χ2n) is 7.74. The molecule has 0 bridgehead atoms. The zero-order valence-electron chi connectivity index (χ0n) is 15.7. The summed E-state index contributed by atoms with van der Waals surface area (Å²) in [5.74, 6) is 0.266. The Hall–Kier alpha value is -2.16. The normalized spacial score (nSPS) is 20.1. The molecule has 1 heterocycles. The summed E-state index contributed by atoms with van der Waals surface area (Å²) in [7, 11) is 0. The lowest BCUT2D eigenvalue weighted by atomic mass is 9.90. The van der Waals surface area contributed by atoms with Crippen LogP contribution >= 0.6 is 0 Å². The van der Waals surface area contributed by atoms with E-state index >= 15 is 0 Å². The Balaban J connectivity index is 1.65. The molecule has 0 spiro atoms. The lowest BCUT2D eigenvalue weighted by Gasteiger charge is -2.15. The summed E-state index contributed by atoms with van der Waals surface area (Å²) in [4.78, 5) is 16.8. The highest BCUT2D eigenvalue weighted by Crippen LogP contribution is 2.72. The van der Waals surface area contributed by atoms with Crippen molar-refractivity contribution < 1.29 is 4.79 Å². The van der Waals surface area contributed by atoms with Crippen LogP contribution in [0.15, 0.2) is 48.8 Å². The number of pyridine rings is 1. The van der Waals surface area contributed by atoms with Crippen molar-refractivity contribution in [3.8, 4) is 0 Å². The fraction of sp³-hybridized carbons (Fsp3) is 0.455. The Bertz CT molecular complexity index is 730. The van der Waals surface area contributed by atoms with E-state index in [1.807, 2.05) is 36.7 Å². The van der Waals surface area contributed by atoms with Crippen molar-refractivity contribution in [1.82, 2.24) is 4.98 Å². The molecular formula is C22H28N2O. The Morgan fingerprint density at radius 3 is 2.08 bits per heavy atom. The zero-order valence-corrected chi connectivity index (χ0v) is 15.7. The molecule has 0 aliphatic heterocycles. The fourth-order valence-electron chi connectivity index (χ4n) is 4.75. The molecule has 1 aliphatic rings. The van der Waals surface area contributed by atoms with Gasteiger partial charge < -0.3 is 5.32 Å². The Kier molecular flexibility index (Phi) is 4.68. The number of nitrogens with zero attached hydrogens (tertiary/aromatic N) is 1. The molecule has 0 unspecified atom stereocenters. The molecule has 1 atom stereocenters. The number of benzene rings is 1. The predicted molar refractivity (Wildman–Crippen MR) is 102 cm³/mol. The average molecular weight is 336 g/mol. The number of aromatic nitrogens is 1. The predicted octanol–water partition coefficient (Wildman–Crippen LogP) is 5.07. The summed E-state index contributed by atoms with van der Waals surface area (Å²) < 4.78 is 0. The van der Waals surface area contributed by atoms with Crippen molar-refractivity contribution >= 4 is 11.6 Å². The first-order valence-electron chi connectivity index (χ1n) is 9.23. The molecule has 3 heteroatoms. The highest BCUT2D eigenvalue weighted by Gasteiger charge is 2.71. The third-order valence-electron chi connectivity index (χ3n) is 6.38. The summed E-state index contributed by atoms with van der Waals surface area (Å²) in [5, 5.41) is 3.13. The number of rotatable bonds is 6. The van der Waals surface area contributed by atoms with Gasteiger partial charge in [0.2, 0.25) is 5.91 Å². The van der Waals surface area contributed by atoms with Crippen LogP contribution in [0.4, 0.5) is 5.69 Å². The first-order valence-corrected chi connectivity index (χ1v) is 9.23. The number of hydrogen-bond donors (Lipinski definition) is 1. The lowest BCUT2D eigenvalue weighted by Crippen LogP contribution is -2.18. The average Bonchev–Trinajstić information content (AvgIpc) is 3.13. The standard InChI is InChI=1S/C22H28N2O/c1-5-22(6-2)19(21(22,3)4)20(25)24-18-9-7-16(8-10-18)15-17-11-13-23-14-12-17/h7-14,19H,5-6,15H2,1-4H3,(H,24,25)/t19-/m1/s1. The molecule has 2 aromatic rings. The van der Waals surface area contributed by atoms with E-state index in [0.29, 0.717) is 0 Å². The third-order valence-corrected chi connectivity index (χ3v) is 6.38. The molecule has 1 aliphatic carbocycles. The van der Waals surface area contributed by atoms with E-state index in [4.69, 9.17) is 0 Å². The van der Waals surface area contributed by atoms with Gasteiger partial charge in [0.05, 0.1) is 5.92 Å². The molecule has 1 aromatic heterocycles. The van der Waals surface area contributed by atoms with Gasteiger partial charge in [0.25, 0.3) is 0 Å². The van der Waals surface area contributed by atoms with E-state index in [1.165, 1.54) is 11.1 Å². The highest BCUT2D eigenvalue weighted by molar-refractivity contribution is 5.96. The van der Waals surface area contributed by atoms with E-state index in [9.17, 15) is 4.79 Å². The first kappa shape index (κ1) is 17.7. The van der Waals surface area contributed by atoms with Crippen LogP contribution in [0.2, 0.25) is 0 Å². The van der Waals surface area contributed by atoms with E-state index in [0.717, 1.165) is 24.9 Å². The van der Waals surface area contributed by atoms with Crippen LogP contribution in [0.25, 0.3) is 0 Å². The van der Waals surface area contributed by atoms with Crippen LogP contribution in [0.5, 0.6) is 0 Å². The lowest BCUT2D eigenvalue weighted by molar-refractivity contribution is -0.118. The maximum absolute atomic E-state index is 12.8. The SMILES string of the molecule is CCC1(CC)[C@H](C(=O)Nc2ccc(Cc3ccncc3)cc2)C1(C)C. The summed E-state index contributed by atoms with van der Waals surface area (Å²) in [6.45, 7) is 8.85. The summed E-state index contributed by atoms with van der Waals surface area (Å²) in [6.07, 6.45) is 6.62. The van der Waals surface area contributed by atoms with Gasteiger partial charge in [-0.2, -0.15) is 0 Å². The van der Waals surface area contributed by atoms with Crippen molar-refractivity contribution in [2.24, 2.45) is 16.7 Å². The summed E-state index contributed by atoms with van der Waals surface area (Å²) in [6, 6.07) is 12.2. The molecule has 132 valence electrons. The van der Waals surface area contributed by atoms with Crippen molar-refractivity contribution in [3.63, 3.8) is 0 Å². The molecule has 1 N–H and O–H groups in total. The van der Waals surface area contributed by atoms with Crippen molar-refractivity contribution in [1.29, 1.82) is 0 Å². The van der Waals surface area contributed by atoms with Crippen LogP contribution in [-0.4, -0.2) is 10.9 Å². The number of carbonyl (C=O) groups is 1. The topological polar surface area (TPSA) is 42.0 Å². The van der Waals surface area contributed by atoms with Crippen LogP contribution in [-0.2, 0) is 11.2 Å². The molecule has 0 radical (unpaired) electrons. The Morgan fingerprint density at radius 2 is 1.56 bits per heavy atom. The van der Waals surface area contributed by atoms with E-state index in [1.54, 1.807) is 0 Å². The van der Waals surface area contributed by atoms with E-state index < -0.39 is 0 Å². The van der Waals surface area contributed by atoms with Crippen molar-refractivity contribution in [3.05, 3.63) is 59.9 Å². The molecule has 1 saturated carbocycles. The minimum atomic E-state index is 0.0852. The number of anilines is 1. The van der Waals surface area contributed by atoms with Crippen LogP contribution in [0.1, 0.15) is 51.7 Å². The van der Waals surface area contributed by atoms with Gasteiger partial charge in [-0.05, 0) is 65.5 Å². The van der Waals surface area contributed by atoms with Crippen molar-refractivity contribution in [2.75, 3.05) is 5.32 Å². The van der Waals surface area contributed by atoms with Gasteiger partial charge in [-0.25, -0.2) is 0 Å². The summed E-state index contributed by atoms with van der Waals surface area (Å²) >= 11 is 0. The van der Waals surface area contributed by atoms with Gasteiger partial charge in [0.1, 0.15) is 0 Å². The minimum absolute atomic E-state index is 0.0852. The molecule has 0 saturated heterocycles. The monoisotopic (exact) mass is 336 g/mol. The molecule has 1 aromatic carbocycles. The van der Waals surface area contributed by atoms with Gasteiger partial charge in [-0.1, -0.05) is 39.8 Å². The largest absolute Gasteiger partial charge is 0.326 e. The van der Waals surface area contributed by atoms with Gasteiger partial charge >= 0.3 is 0 Å². The van der Waals surface area contributed by atoms with Gasteiger partial charge in [0, 0.05) is 18.1 Å². The maximum atomic E-state index is 12.8. The number of hydrogen-bond acceptors (Lipinski definition) is 2. The second kappa shape index (κ2) is 6.62. The Morgan fingerprint density at radius 1 is 1.00 bits per heavy atom. The summed E-state index contributed by atoms with van der Waals surface area (Å²) in [5.41, 5.74) is 3.59. The zero-order chi connectivity index (χ0) is 18.1. The number of nitrogens with one attached hydrogen (secondary N) is 1. The van der Waals surface area contributed by atoms with Crippen LogP contribution < -0.4 is 5.32 Å². The maximum Gasteiger partial charge on any atom is 0.228 e. The number of carbonyl (C=O) groups excluding carboxylic acids is 1.